The lowest BCUT2D eigenvalue weighted by Gasteiger charge is -2.12. The second kappa shape index (κ2) is 5.31. The van der Waals surface area contributed by atoms with Crippen molar-refractivity contribution in [2.75, 3.05) is 12.8 Å². The van der Waals surface area contributed by atoms with Gasteiger partial charge in [0.15, 0.2) is 5.65 Å². The van der Waals surface area contributed by atoms with Crippen LogP contribution in [0.5, 0.6) is 5.75 Å². The third kappa shape index (κ3) is 2.40. The molecule has 0 saturated carbocycles. The monoisotopic (exact) mass is 410 g/mol. The third-order valence-electron chi connectivity index (χ3n) is 3.13. The van der Waals surface area contributed by atoms with Crippen LogP contribution in [0.15, 0.2) is 33.2 Å². The van der Waals surface area contributed by atoms with Crippen LogP contribution < -0.4 is 10.5 Å². The van der Waals surface area contributed by atoms with Crippen LogP contribution in [0.1, 0.15) is 5.69 Å². The number of methoxy groups -OCH3 is 1. The van der Waals surface area contributed by atoms with Gasteiger partial charge >= 0.3 is 0 Å². The van der Waals surface area contributed by atoms with Gasteiger partial charge in [-0.25, -0.2) is 9.97 Å². The molecule has 21 heavy (non-hydrogen) atoms. The smallest absolute Gasteiger partial charge is 0.207 e. The molecule has 0 radical (unpaired) electrons. The molecule has 0 spiro atoms. The highest BCUT2D eigenvalue weighted by atomic mass is 79.9. The second-order valence-corrected chi connectivity index (χ2v) is 6.25. The number of rotatable bonds is 2. The first-order valence-corrected chi connectivity index (χ1v) is 7.75. The zero-order valence-corrected chi connectivity index (χ0v) is 14.6. The van der Waals surface area contributed by atoms with E-state index in [2.05, 4.69) is 41.8 Å². The van der Waals surface area contributed by atoms with Gasteiger partial charge in [-0.15, -0.1) is 0 Å². The van der Waals surface area contributed by atoms with Crippen molar-refractivity contribution in [1.82, 2.24) is 14.5 Å². The molecule has 0 fully saturated rings. The lowest BCUT2D eigenvalue weighted by Crippen LogP contribution is -2.03. The van der Waals surface area contributed by atoms with Gasteiger partial charge in [-0.3, -0.25) is 4.57 Å². The van der Waals surface area contributed by atoms with E-state index in [9.17, 15) is 0 Å². The van der Waals surface area contributed by atoms with Crippen molar-refractivity contribution in [3.63, 3.8) is 0 Å². The molecule has 2 N–H and O–H groups in total. The number of imidazole rings is 1. The maximum absolute atomic E-state index is 6.07. The van der Waals surface area contributed by atoms with Crippen molar-refractivity contribution < 1.29 is 4.74 Å². The van der Waals surface area contributed by atoms with Crippen LogP contribution in [0, 0.1) is 6.92 Å². The molecule has 5 nitrogen and oxygen atoms in total. The molecule has 3 aromatic rings. The molecule has 0 amide bonds. The summed E-state index contributed by atoms with van der Waals surface area (Å²) in [7, 11) is 1.62. The number of nitrogens with two attached hydrogens (primary N) is 1. The SMILES string of the molecule is COc1cc(-n2c(N)nc3ccc(C)nc32)c(Br)cc1Br. The summed E-state index contributed by atoms with van der Waals surface area (Å²) in [4.78, 5) is 8.89. The number of hydrogen-bond donors (Lipinski definition) is 1. The highest BCUT2D eigenvalue weighted by Crippen LogP contribution is 2.35. The maximum atomic E-state index is 6.07. The van der Waals surface area contributed by atoms with Gasteiger partial charge in [0.1, 0.15) is 11.3 Å². The molecule has 0 bridgehead atoms. The van der Waals surface area contributed by atoms with Crippen LogP contribution in [-0.2, 0) is 0 Å². The van der Waals surface area contributed by atoms with E-state index in [1.165, 1.54) is 0 Å². The Morgan fingerprint density at radius 2 is 1.90 bits per heavy atom. The van der Waals surface area contributed by atoms with Crippen molar-refractivity contribution in [2.45, 2.75) is 6.92 Å². The van der Waals surface area contributed by atoms with E-state index in [4.69, 9.17) is 10.5 Å². The van der Waals surface area contributed by atoms with Crippen molar-refractivity contribution in [3.8, 4) is 11.4 Å². The number of anilines is 1. The molecule has 0 aliphatic heterocycles. The summed E-state index contributed by atoms with van der Waals surface area (Å²) in [5.74, 6) is 1.09. The number of nitrogens with zero attached hydrogens (tertiary/aromatic N) is 3. The number of ether oxygens (including phenoxy) is 1. The van der Waals surface area contributed by atoms with E-state index in [0.717, 1.165) is 31.5 Å². The fourth-order valence-electron chi connectivity index (χ4n) is 2.15. The molecule has 7 heteroatoms. The number of halogens is 2. The minimum Gasteiger partial charge on any atom is -0.495 e. The molecule has 0 atom stereocenters. The minimum atomic E-state index is 0.383. The quantitative estimate of drug-likeness (QED) is 0.695. The highest BCUT2D eigenvalue weighted by molar-refractivity contribution is 9.11. The standard InChI is InChI=1S/C14H12Br2N4O/c1-7-3-4-10-13(18-7)20(14(17)19-10)11-6-12(21-2)9(16)5-8(11)15/h3-6H,1-2H3,(H2,17,19). The van der Waals surface area contributed by atoms with Gasteiger partial charge in [0.2, 0.25) is 5.95 Å². The molecule has 2 aromatic heterocycles. The van der Waals surface area contributed by atoms with E-state index < -0.39 is 0 Å². The van der Waals surface area contributed by atoms with Crippen LogP contribution in [0.4, 0.5) is 5.95 Å². The van der Waals surface area contributed by atoms with Crippen molar-refractivity contribution in [1.29, 1.82) is 0 Å². The molecule has 0 saturated heterocycles. The largest absolute Gasteiger partial charge is 0.495 e. The summed E-state index contributed by atoms with van der Waals surface area (Å²) in [5, 5.41) is 0. The van der Waals surface area contributed by atoms with E-state index in [-0.39, 0.29) is 0 Å². The van der Waals surface area contributed by atoms with Gasteiger partial charge in [-0.1, -0.05) is 0 Å². The van der Waals surface area contributed by atoms with Crippen LogP contribution in [0.2, 0.25) is 0 Å². The number of benzene rings is 1. The predicted octanol–water partition coefficient (Wildman–Crippen LogP) is 3.84. The first-order valence-electron chi connectivity index (χ1n) is 6.16. The average Bonchev–Trinajstić information content (AvgIpc) is 2.75. The van der Waals surface area contributed by atoms with Crippen LogP contribution in [-0.4, -0.2) is 21.6 Å². The molecule has 2 heterocycles. The molecule has 0 unspecified atom stereocenters. The zero-order chi connectivity index (χ0) is 15.1. The number of aromatic nitrogens is 3. The van der Waals surface area contributed by atoms with Gasteiger partial charge < -0.3 is 10.5 Å². The molecule has 0 aliphatic rings. The number of hydrogen-bond acceptors (Lipinski definition) is 4. The molecular weight excluding hydrogens is 400 g/mol. The van der Waals surface area contributed by atoms with E-state index in [1.54, 1.807) is 11.7 Å². The van der Waals surface area contributed by atoms with Crippen molar-refractivity contribution in [3.05, 3.63) is 38.9 Å². The summed E-state index contributed by atoms with van der Waals surface area (Å²) in [6.07, 6.45) is 0. The van der Waals surface area contributed by atoms with Gasteiger partial charge in [0, 0.05) is 16.2 Å². The Balaban J connectivity index is 2.34. The second-order valence-electron chi connectivity index (χ2n) is 4.54. The Labute approximate surface area is 138 Å². The lowest BCUT2D eigenvalue weighted by atomic mass is 10.3. The Morgan fingerprint density at radius 3 is 2.62 bits per heavy atom. The number of aryl methyl sites for hydroxylation is 1. The zero-order valence-electron chi connectivity index (χ0n) is 11.4. The number of pyridine rings is 1. The summed E-state index contributed by atoms with van der Waals surface area (Å²) >= 11 is 7.01. The van der Waals surface area contributed by atoms with Crippen molar-refractivity contribution >= 4 is 49.0 Å². The molecular formula is C14H12Br2N4O. The predicted molar refractivity (Wildman–Crippen MR) is 90.0 cm³/mol. The number of nitrogen functional groups attached to an aromatic ring is 1. The topological polar surface area (TPSA) is 66.0 Å². The Hall–Kier alpha value is -1.60. The normalized spacial score (nSPS) is 11.0. The molecule has 3 rings (SSSR count). The summed E-state index contributed by atoms with van der Waals surface area (Å²) in [6.45, 7) is 1.93. The lowest BCUT2D eigenvalue weighted by molar-refractivity contribution is 0.412. The fraction of sp³-hybridized carbons (Fsp3) is 0.143. The van der Waals surface area contributed by atoms with Crippen LogP contribution >= 0.6 is 31.9 Å². The Bertz CT molecular complexity index is 845. The van der Waals surface area contributed by atoms with Crippen molar-refractivity contribution in [2.24, 2.45) is 0 Å². The summed E-state index contributed by atoms with van der Waals surface area (Å²) in [5.41, 5.74) is 9.28. The van der Waals surface area contributed by atoms with Gasteiger partial charge in [-0.05, 0) is 57.0 Å². The Morgan fingerprint density at radius 1 is 1.14 bits per heavy atom. The number of fused-ring (bicyclic) bond motifs is 1. The Kier molecular flexibility index (Phi) is 3.62. The van der Waals surface area contributed by atoms with E-state index in [1.807, 2.05) is 31.2 Å². The first kappa shape index (κ1) is 14.3. The molecule has 108 valence electrons. The molecule has 0 aliphatic carbocycles. The van der Waals surface area contributed by atoms with Gasteiger partial charge in [-0.2, -0.15) is 0 Å². The van der Waals surface area contributed by atoms with E-state index in [0.29, 0.717) is 11.7 Å². The average molecular weight is 412 g/mol. The van der Waals surface area contributed by atoms with E-state index >= 15 is 0 Å². The summed E-state index contributed by atoms with van der Waals surface area (Å²) in [6, 6.07) is 7.62. The fourth-order valence-corrected chi connectivity index (χ4v) is 3.49. The van der Waals surface area contributed by atoms with Crippen LogP contribution in [0.25, 0.3) is 16.9 Å². The first-order chi connectivity index (χ1) is 10.0. The highest BCUT2D eigenvalue weighted by Gasteiger charge is 2.16. The summed E-state index contributed by atoms with van der Waals surface area (Å²) < 4.78 is 8.88. The third-order valence-corrected chi connectivity index (χ3v) is 4.39. The molecule has 1 aromatic carbocycles. The maximum Gasteiger partial charge on any atom is 0.207 e. The van der Waals surface area contributed by atoms with Gasteiger partial charge in [0.25, 0.3) is 0 Å². The minimum absolute atomic E-state index is 0.383. The van der Waals surface area contributed by atoms with Crippen LogP contribution in [0.3, 0.4) is 0 Å². The van der Waals surface area contributed by atoms with Gasteiger partial charge in [0.05, 0.1) is 17.3 Å².